The van der Waals surface area contributed by atoms with Crippen molar-refractivity contribution in [1.29, 1.82) is 0 Å². The average Bonchev–Trinajstić information content (AvgIpc) is 2.45. The third kappa shape index (κ3) is 3.57. The Kier molecular flexibility index (Phi) is 4.90. The molecule has 3 N–H and O–H groups in total. The van der Waals surface area contributed by atoms with Crippen LogP contribution in [0, 0.1) is 6.92 Å². The second-order valence-electron chi connectivity index (χ2n) is 4.47. The van der Waals surface area contributed by atoms with Gasteiger partial charge in [0.05, 0.1) is 12.8 Å². The van der Waals surface area contributed by atoms with Crippen molar-refractivity contribution in [2.45, 2.75) is 6.92 Å². The fraction of sp³-hybridized carbons (Fsp3) is 0.133. The number of nitrogens with one attached hydrogen (secondary N) is 1. The van der Waals surface area contributed by atoms with Gasteiger partial charge in [0.25, 0.3) is 5.91 Å². The maximum atomic E-state index is 12.4. The van der Waals surface area contributed by atoms with Gasteiger partial charge in [0.2, 0.25) is 0 Å². The molecule has 110 valence electrons. The van der Waals surface area contributed by atoms with Crippen molar-refractivity contribution in [2.24, 2.45) is 0 Å². The first kappa shape index (κ1) is 15.9. The fourth-order valence-electron chi connectivity index (χ4n) is 1.85. The summed E-state index contributed by atoms with van der Waals surface area (Å²) in [5, 5.41) is 2.85. The lowest BCUT2D eigenvalue weighted by Gasteiger charge is -2.12. The number of hydrogen-bond donors (Lipinski definition) is 2. The van der Waals surface area contributed by atoms with Crippen LogP contribution in [0.15, 0.2) is 39.3 Å². The van der Waals surface area contributed by atoms with Crippen LogP contribution in [0.25, 0.3) is 0 Å². The van der Waals surface area contributed by atoms with E-state index in [1.165, 1.54) is 0 Å². The van der Waals surface area contributed by atoms with E-state index >= 15 is 0 Å². The number of amides is 1. The van der Waals surface area contributed by atoms with Gasteiger partial charge in [-0.1, -0.05) is 15.9 Å². The summed E-state index contributed by atoms with van der Waals surface area (Å²) in [5.41, 5.74) is 8.36. The van der Waals surface area contributed by atoms with E-state index in [2.05, 4.69) is 37.2 Å². The molecule has 0 spiro atoms. The smallest absolute Gasteiger partial charge is 0.256 e. The molecule has 0 unspecified atom stereocenters. The number of nitrogens with two attached hydrogens (primary N) is 1. The highest BCUT2D eigenvalue weighted by atomic mass is 79.9. The summed E-state index contributed by atoms with van der Waals surface area (Å²) >= 11 is 6.75. The number of nitrogen functional groups attached to an aromatic ring is 1. The van der Waals surface area contributed by atoms with Crippen LogP contribution in [0.4, 0.5) is 11.4 Å². The number of halogens is 2. The predicted octanol–water partition coefficient (Wildman–Crippen LogP) is 4.36. The molecule has 0 heterocycles. The van der Waals surface area contributed by atoms with Gasteiger partial charge in [-0.3, -0.25) is 4.79 Å². The Labute approximate surface area is 139 Å². The minimum absolute atomic E-state index is 0.227. The summed E-state index contributed by atoms with van der Waals surface area (Å²) in [5.74, 6) is 0.438. The number of methoxy groups -OCH3 is 1. The Morgan fingerprint density at radius 2 is 1.95 bits per heavy atom. The molecule has 2 rings (SSSR count). The molecule has 0 aliphatic carbocycles. The van der Waals surface area contributed by atoms with Crippen LogP contribution in [-0.4, -0.2) is 13.0 Å². The van der Waals surface area contributed by atoms with E-state index in [0.29, 0.717) is 22.7 Å². The van der Waals surface area contributed by atoms with Crippen molar-refractivity contribution < 1.29 is 9.53 Å². The summed E-state index contributed by atoms with van der Waals surface area (Å²) in [4.78, 5) is 12.4. The van der Waals surface area contributed by atoms with Crippen LogP contribution in [-0.2, 0) is 0 Å². The van der Waals surface area contributed by atoms with Gasteiger partial charge < -0.3 is 15.8 Å². The average molecular weight is 414 g/mol. The van der Waals surface area contributed by atoms with Crippen LogP contribution in [0.2, 0.25) is 0 Å². The Hall–Kier alpha value is -1.53. The van der Waals surface area contributed by atoms with Crippen LogP contribution in [0.5, 0.6) is 5.75 Å². The highest BCUT2D eigenvalue weighted by molar-refractivity contribution is 9.10. The lowest BCUT2D eigenvalue weighted by molar-refractivity contribution is 0.102. The molecule has 2 aromatic carbocycles. The van der Waals surface area contributed by atoms with Gasteiger partial charge >= 0.3 is 0 Å². The van der Waals surface area contributed by atoms with Crippen LogP contribution in [0.3, 0.4) is 0 Å². The van der Waals surface area contributed by atoms with Gasteiger partial charge in [0.15, 0.2) is 0 Å². The second kappa shape index (κ2) is 6.49. The van der Waals surface area contributed by atoms with E-state index < -0.39 is 0 Å². The van der Waals surface area contributed by atoms with Gasteiger partial charge in [-0.25, -0.2) is 0 Å². The van der Waals surface area contributed by atoms with Crippen molar-refractivity contribution in [2.75, 3.05) is 18.2 Å². The van der Waals surface area contributed by atoms with Crippen LogP contribution in [0.1, 0.15) is 15.9 Å². The summed E-state index contributed by atoms with van der Waals surface area (Å²) in [7, 11) is 1.58. The van der Waals surface area contributed by atoms with Crippen molar-refractivity contribution in [3.63, 3.8) is 0 Å². The highest BCUT2D eigenvalue weighted by Crippen LogP contribution is 2.29. The van der Waals surface area contributed by atoms with E-state index in [-0.39, 0.29) is 5.91 Å². The molecule has 0 aliphatic rings. The SMILES string of the molecule is COc1ccc(Br)c(NC(=O)c2cc(Br)cc(N)c2C)c1. The van der Waals surface area contributed by atoms with Crippen molar-refractivity contribution in [1.82, 2.24) is 0 Å². The van der Waals surface area contributed by atoms with Crippen molar-refractivity contribution in [3.05, 3.63) is 50.4 Å². The summed E-state index contributed by atoms with van der Waals surface area (Å²) < 4.78 is 6.70. The van der Waals surface area contributed by atoms with Crippen molar-refractivity contribution in [3.8, 4) is 5.75 Å². The molecule has 0 saturated carbocycles. The zero-order valence-corrected chi connectivity index (χ0v) is 14.7. The van der Waals surface area contributed by atoms with Crippen LogP contribution >= 0.6 is 31.9 Å². The maximum Gasteiger partial charge on any atom is 0.256 e. The molecule has 0 radical (unpaired) electrons. The van der Waals surface area contributed by atoms with Gasteiger partial charge in [-0.15, -0.1) is 0 Å². The van der Waals surface area contributed by atoms with E-state index in [1.807, 2.05) is 19.1 Å². The third-order valence-electron chi connectivity index (χ3n) is 3.08. The molecule has 0 saturated heterocycles. The molecule has 0 aliphatic heterocycles. The molecular formula is C15H14Br2N2O2. The molecule has 0 fully saturated rings. The van der Waals surface area contributed by atoms with Gasteiger partial charge in [-0.05, 0) is 52.7 Å². The Bertz CT molecular complexity index is 702. The Balaban J connectivity index is 2.34. The minimum atomic E-state index is -0.227. The molecule has 0 bridgehead atoms. The zero-order valence-electron chi connectivity index (χ0n) is 11.5. The van der Waals surface area contributed by atoms with E-state index in [1.54, 1.807) is 25.3 Å². The largest absolute Gasteiger partial charge is 0.497 e. The summed E-state index contributed by atoms with van der Waals surface area (Å²) in [6.45, 7) is 1.82. The predicted molar refractivity (Wildman–Crippen MR) is 91.9 cm³/mol. The van der Waals surface area contributed by atoms with E-state index in [0.717, 1.165) is 14.5 Å². The highest BCUT2D eigenvalue weighted by Gasteiger charge is 2.14. The third-order valence-corrected chi connectivity index (χ3v) is 4.23. The van der Waals surface area contributed by atoms with E-state index in [4.69, 9.17) is 10.5 Å². The molecule has 0 aromatic heterocycles. The maximum absolute atomic E-state index is 12.4. The van der Waals surface area contributed by atoms with Crippen molar-refractivity contribution >= 4 is 49.1 Å². The molecule has 21 heavy (non-hydrogen) atoms. The molecular weight excluding hydrogens is 400 g/mol. The first-order chi connectivity index (χ1) is 9.92. The first-order valence-corrected chi connectivity index (χ1v) is 7.71. The zero-order chi connectivity index (χ0) is 15.6. The molecule has 0 atom stereocenters. The number of carbonyl (C=O) groups excluding carboxylic acids is 1. The minimum Gasteiger partial charge on any atom is -0.497 e. The van der Waals surface area contributed by atoms with Crippen LogP contribution < -0.4 is 15.8 Å². The molecule has 1 amide bonds. The quantitative estimate of drug-likeness (QED) is 0.734. The normalized spacial score (nSPS) is 10.3. The number of anilines is 2. The van der Waals surface area contributed by atoms with Gasteiger partial charge in [0, 0.05) is 26.3 Å². The number of ether oxygens (including phenoxy) is 1. The Morgan fingerprint density at radius 1 is 1.24 bits per heavy atom. The lowest BCUT2D eigenvalue weighted by Crippen LogP contribution is -2.14. The van der Waals surface area contributed by atoms with Gasteiger partial charge in [-0.2, -0.15) is 0 Å². The topological polar surface area (TPSA) is 64.3 Å². The van der Waals surface area contributed by atoms with E-state index in [9.17, 15) is 4.79 Å². The number of hydrogen-bond acceptors (Lipinski definition) is 3. The molecule has 4 nitrogen and oxygen atoms in total. The fourth-order valence-corrected chi connectivity index (χ4v) is 2.67. The van der Waals surface area contributed by atoms with Gasteiger partial charge in [0.1, 0.15) is 5.75 Å². The standard InChI is InChI=1S/C15H14Br2N2O2/c1-8-11(5-9(16)6-13(8)18)15(20)19-14-7-10(21-2)3-4-12(14)17/h3-7H,18H2,1-2H3,(H,19,20). The first-order valence-electron chi connectivity index (χ1n) is 6.13. The second-order valence-corrected chi connectivity index (χ2v) is 6.24. The summed E-state index contributed by atoms with van der Waals surface area (Å²) in [6, 6.07) is 8.89. The number of benzene rings is 2. The lowest BCUT2D eigenvalue weighted by atomic mass is 10.1. The molecule has 6 heteroatoms. The number of rotatable bonds is 3. The Morgan fingerprint density at radius 3 is 2.62 bits per heavy atom. The monoisotopic (exact) mass is 412 g/mol. The number of carbonyl (C=O) groups is 1. The molecule has 2 aromatic rings. The summed E-state index contributed by atoms with van der Waals surface area (Å²) in [6.07, 6.45) is 0.